The quantitative estimate of drug-likeness (QED) is 0.368. The molecule has 2 aromatic carbocycles. The summed E-state index contributed by atoms with van der Waals surface area (Å²) in [4.78, 5) is 0. The van der Waals surface area contributed by atoms with E-state index in [1.165, 1.54) is 92.0 Å². The van der Waals surface area contributed by atoms with Crippen LogP contribution in [0.5, 0.6) is 0 Å². The van der Waals surface area contributed by atoms with Crippen LogP contribution in [0.3, 0.4) is 0 Å². The third kappa shape index (κ3) is 4.00. The van der Waals surface area contributed by atoms with Crippen LogP contribution in [0.25, 0.3) is 17.2 Å². The number of benzene rings is 2. The molecule has 0 amide bonds. The van der Waals surface area contributed by atoms with E-state index in [-0.39, 0.29) is 0 Å². The molecule has 0 heterocycles. The van der Waals surface area contributed by atoms with Crippen LogP contribution >= 0.6 is 0 Å². The Morgan fingerprint density at radius 3 is 2.34 bits per heavy atom. The van der Waals surface area contributed by atoms with Crippen LogP contribution in [0.2, 0.25) is 0 Å². The van der Waals surface area contributed by atoms with E-state index in [2.05, 4.69) is 55.1 Å². The Labute approximate surface area is 176 Å². The van der Waals surface area contributed by atoms with E-state index in [0.29, 0.717) is 5.92 Å². The summed E-state index contributed by atoms with van der Waals surface area (Å²) < 4.78 is 0. The molecule has 2 fully saturated rings. The van der Waals surface area contributed by atoms with Crippen molar-refractivity contribution in [2.45, 2.75) is 82.5 Å². The summed E-state index contributed by atoms with van der Waals surface area (Å²) in [7, 11) is 0. The second-order valence-corrected chi connectivity index (χ2v) is 9.59. The molecule has 2 aromatic rings. The highest BCUT2D eigenvalue weighted by Crippen LogP contribution is 2.41. The van der Waals surface area contributed by atoms with Crippen molar-refractivity contribution in [3.63, 3.8) is 0 Å². The van der Waals surface area contributed by atoms with Gasteiger partial charge in [-0.3, -0.25) is 0 Å². The summed E-state index contributed by atoms with van der Waals surface area (Å²) in [5.41, 5.74) is 10.5. The molecule has 0 saturated heterocycles. The molecule has 0 bridgehead atoms. The molecule has 29 heavy (non-hydrogen) atoms. The van der Waals surface area contributed by atoms with Crippen LogP contribution in [-0.4, -0.2) is 0 Å². The van der Waals surface area contributed by atoms with Crippen LogP contribution < -0.4 is 0 Å². The maximum absolute atomic E-state index is 4.29. The Bertz CT molecular complexity index is 923. The summed E-state index contributed by atoms with van der Waals surface area (Å²) in [6.45, 7) is 4.29. The number of hydrogen-bond donors (Lipinski definition) is 0. The van der Waals surface area contributed by atoms with Crippen LogP contribution in [0, 0.1) is 0 Å². The largest absolute Gasteiger partial charge is 0.0999 e. The Morgan fingerprint density at radius 2 is 1.52 bits per heavy atom. The molecule has 5 rings (SSSR count). The van der Waals surface area contributed by atoms with Gasteiger partial charge in [0.1, 0.15) is 0 Å². The number of allylic oxidation sites excluding steroid dienone is 2. The summed E-state index contributed by atoms with van der Waals surface area (Å²) >= 11 is 0. The van der Waals surface area contributed by atoms with Crippen molar-refractivity contribution in [3.05, 3.63) is 76.9 Å². The molecule has 0 radical (unpaired) electrons. The van der Waals surface area contributed by atoms with Gasteiger partial charge in [0.2, 0.25) is 0 Å². The number of fused-ring (bicyclic) bond motifs is 1. The van der Waals surface area contributed by atoms with Crippen molar-refractivity contribution < 1.29 is 0 Å². The summed E-state index contributed by atoms with van der Waals surface area (Å²) in [5, 5.41) is 0. The minimum absolute atomic E-state index is 0.698. The summed E-state index contributed by atoms with van der Waals surface area (Å²) in [6.07, 6.45) is 19.0. The zero-order chi connectivity index (χ0) is 19.6. The molecule has 1 unspecified atom stereocenters. The van der Waals surface area contributed by atoms with Gasteiger partial charge < -0.3 is 0 Å². The maximum Gasteiger partial charge on any atom is -0.00879 e. The number of rotatable bonds is 3. The molecule has 0 aliphatic heterocycles. The van der Waals surface area contributed by atoms with E-state index in [4.69, 9.17) is 0 Å². The van der Waals surface area contributed by atoms with Gasteiger partial charge in [0.15, 0.2) is 0 Å². The fourth-order valence-corrected chi connectivity index (χ4v) is 5.86. The first-order valence-electron chi connectivity index (χ1n) is 11.9. The van der Waals surface area contributed by atoms with Gasteiger partial charge in [-0.2, -0.15) is 0 Å². The van der Waals surface area contributed by atoms with Crippen molar-refractivity contribution in [2.75, 3.05) is 0 Å². The highest BCUT2D eigenvalue weighted by atomic mass is 14.3. The fourth-order valence-electron chi connectivity index (χ4n) is 5.86. The molecule has 0 aromatic heterocycles. The Morgan fingerprint density at radius 1 is 0.759 bits per heavy atom. The van der Waals surface area contributed by atoms with Crippen molar-refractivity contribution >= 4 is 6.08 Å². The molecule has 150 valence electrons. The van der Waals surface area contributed by atoms with Crippen molar-refractivity contribution in [1.29, 1.82) is 0 Å². The second kappa shape index (κ2) is 8.34. The van der Waals surface area contributed by atoms with E-state index in [1.807, 2.05) is 0 Å². The van der Waals surface area contributed by atoms with Crippen LogP contribution in [-0.2, 0) is 6.42 Å². The Kier molecular flexibility index (Phi) is 5.44. The van der Waals surface area contributed by atoms with Gasteiger partial charge in [-0.1, -0.05) is 80.0 Å². The van der Waals surface area contributed by atoms with Gasteiger partial charge in [0.05, 0.1) is 0 Å². The van der Waals surface area contributed by atoms with E-state index >= 15 is 0 Å². The monoisotopic (exact) mass is 382 g/mol. The Hall–Kier alpha value is -2.08. The first-order chi connectivity index (χ1) is 14.3. The van der Waals surface area contributed by atoms with E-state index in [9.17, 15) is 0 Å². The molecule has 0 nitrogen and oxygen atoms in total. The molecular weight excluding hydrogens is 348 g/mol. The highest BCUT2D eigenvalue weighted by Gasteiger charge is 2.22. The molecular formula is C29H34. The smallest absolute Gasteiger partial charge is 0.00879 e. The minimum Gasteiger partial charge on any atom is -0.0999 e. The lowest BCUT2D eigenvalue weighted by Crippen LogP contribution is -2.07. The highest BCUT2D eigenvalue weighted by molar-refractivity contribution is 5.80. The molecule has 3 aliphatic rings. The molecule has 0 heteroatoms. The van der Waals surface area contributed by atoms with Crippen LogP contribution in [0.1, 0.15) is 98.3 Å². The standard InChI is InChI=1S/C29H34/c1-21-8-5-11-23(17-16-21)26-18-25(22-9-3-2-4-10-22)19-27(20-26)29-15-7-13-24-12-6-14-28(24)29/h6-7,13-15,18-20,22-23H,1-5,8-12,16-17H2. The SMILES string of the molecule is C=C1CCCC(c2cc(-c3cccc4c3C=CC4)cc(C3CCCCC3)c2)CC1. The lowest BCUT2D eigenvalue weighted by atomic mass is 9.80. The molecule has 0 spiro atoms. The van der Waals surface area contributed by atoms with Crippen LogP contribution in [0.4, 0.5) is 0 Å². The summed E-state index contributed by atoms with van der Waals surface area (Å²) in [6, 6.07) is 14.6. The van der Waals surface area contributed by atoms with E-state index in [0.717, 1.165) is 12.3 Å². The molecule has 0 N–H and O–H groups in total. The first kappa shape index (κ1) is 18.9. The predicted molar refractivity (Wildman–Crippen MR) is 125 cm³/mol. The first-order valence-corrected chi connectivity index (χ1v) is 11.9. The van der Waals surface area contributed by atoms with Crippen molar-refractivity contribution in [3.8, 4) is 11.1 Å². The molecule has 1 atom stereocenters. The lowest BCUT2D eigenvalue weighted by molar-refractivity contribution is 0.443. The minimum atomic E-state index is 0.698. The Balaban J connectivity index is 1.58. The van der Waals surface area contributed by atoms with Gasteiger partial charge >= 0.3 is 0 Å². The average Bonchev–Trinajstić information content (AvgIpc) is 3.15. The van der Waals surface area contributed by atoms with Gasteiger partial charge in [0, 0.05) is 0 Å². The topological polar surface area (TPSA) is 0 Å². The predicted octanol–water partition coefficient (Wildman–Crippen LogP) is 8.57. The van der Waals surface area contributed by atoms with Gasteiger partial charge in [-0.15, -0.1) is 0 Å². The summed E-state index contributed by atoms with van der Waals surface area (Å²) in [5.74, 6) is 1.46. The van der Waals surface area contributed by atoms with Crippen molar-refractivity contribution in [1.82, 2.24) is 0 Å². The number of hydrogen-bond acceptors (Lipinski definition) is 0. The third-order valence-corrected chi connectivity index (χ3v) is 7.58. The van der Waals surface area contributed by atoms with Gasteiger partial charge in [0.25, 0.3) is 0 Å². The average molecular weight is 383 g/mol. The second-order valence-electron chi connectivity index (χ2n) is 9.59. The normalized spacial score (nSPS) is 22.5. The molecule has 2 saturated carbocycles. The zero-order valence-corrected chi connectivity index (χ0v) is 17.8. The maximum atomic E-state index is 4.29. The van der Waals surface area contributed by atoms with Crippen LogP contribution in [0.15, 0.2) is 54.6 Å². The molecule has 3 aliphatic carbocycles. The zero-order valence-electron chi connectivity index (χ0n) is 17.8. The van der Waals surface area contributed by atoms with Gasteiger partial charge in [-0.25, -0.2) is 0 Å². The van der Waals surface area contributed by atoms with Crippen molar-refractivity contribution in [2.24, 2.45) is 0 Å². The van der Waals surface area contributed by atoms with E-state index < -0.39 is 0 Å². The lowest BCUT2D eigenvalue weighted by Gasteiger charge is -2.25. The van der Waals surface area contributed by atoms with E-state index in [1.54, 1.807) is 11.1 Å². The van der Waals surface area contributed by atoms with Gasteiger partial charge in [-0.05, 0) is 96.6 Å². The fraction of sp³-hybridized carbons (Fsp3) is 0.448. The third-order valence-electron chi connectivity index (χ3n) is 7.58.